The molecule has 5 nitrogen and oxygen atoms in total. The third-order valence-electron chi connectivity index (χ3n) is 4.73. The van der Waals surface area contributed by atoms with E-state index < -0.39 is 0 Å². The van der Waals surface area contributed by atoms with Gasteiger partial charge in [0.25, 0.3) is 0 Å². The Kier molecular flexibility index (Phi) is 5.40. The molecule has 2 fully saturated rings. The summed E-state index contributed by atoms with van der Waals surface area (Å²) in [6.45, 7) is 4.29. The number of nitrogens with zero attached hydrogens (tertiary/aromatic N) is 1. The molecule has 2 amide bonds. The van der Waals surface area contributed by atoms with Crippen LogP contribution in [-0.4, -0.2) is 42.4 Å². The molecule has 1 heterocycles. The molecule has 0 bridgehead atoms. The van der Waals surface area contributed by atoms with E-state index in [1.165, 1.54) is 0 Å². The van der Waals surface area contributed by atoms with Crippen LogP contribution in [0.3, 0.4) is 0 Å². The molecule has 3 atom stereocenters. The van der Waals surface area contributed by atoms with Crippen LogP contribution in [0.15, 0.2) is 0 Å². The Morgan fingerprint density at radius 3 is 2.60 bits per heavy atom. The Morgan fingerprint density at radius 1 is 1.20 bits per heavy atom. The molecule has 1 aliphatic carbocycles. The SMILES string of the molecule is CC1CCCC(C(=O)NCCC(=O)N2CCCC2)C1N. The molecule has 20 heavy (non-hydrogen) atoms. The van der Waals surface area contributed by atoms with Crippen LogP contribution in [-0.2, 0) is 9.59 Å². The molecule has 0 spiro atoms. The van der Waals surface area contributed by atoms with E-state index >= 15 is 0 Å². The second kappa shape index (κ2) is 7.07. The highest BCUT2D eigenvalue weighted by Gasteiger charge is 2.32. The summed E-state index contributed by atoms with van der Waals surface area (Å²) >= 11 is 0. The van der Waals surface area contributed by atoms with Crippen LogP contribution < -0.4 is 11.1 Å². The average Bonchev–Trinajstić information content (AvgIpc) is 2.95. The first-order valence-electron chi connectivity index (χ1n) is 7.90. The fourth-order valence-electron chi connectivity index (χ4n) is 3.30. The fourth-order valence-corrected chi connectivity index (χ4v) is 3.30. The number of hydrogen-bond acceptors (Lipinski definition) is 3. The van der Waals surface area contributed by atoms with E-state index in [1.807, 2.05) is 4.90 Å². The molecule has 0 aromatic heterocycles. The molecule has 1 saturated heterocycles. The Bertz CT molecular complexity index is 353. The van der Waals surface area contributed by atoms with Crippen molar-refractivity contribution in [1.29, 1.82) is 0 Å². The lowest BCUT2D eigenvalue weighted by Crippen LogP contribution is -2.47. The predicted octanol–water partition coefficient (Wildman–Crippen LogP) is 0.879. The van der Waals surface area contributed by atoms with E-state index in [9.17, 15) is 9.59 Å². The van der Waals surface area contributed by atoms with Crippen molar-refractivity contribution in [2.24, 2.45) is 17.6 Å². The minimum atomic E-state index is -0.0827. The lowest BCUT2D eigenvalue weighted by Gasteiger charge is -2.32. The Labute approximate surface area is 121 Å². The summed E-state index contributed by atoms with van der Waals surface area (Å²) in [7, 11) is 0. The van der Waals surface area contributed by atoms with Crippen molar-refractivity contribution in [3.05, 3.63) is 0 Å². The van der Waals surface area contributed by atoms with E-state index in [-0.39, 0.29) is 23.8 Å². The van der Waals surface area contributed by atoms with Crippen LogP contribution in [0.2, 0.25) is 0 Å². The third kappa shape index (κ3) is 3.72. The molecular formula is C15H27N3O2. The molecule has 1 saturated carbocycles. The summed E-state index contributed by atoms with van der Waals surface area (Å²) in [5.41, 5.74) is 6.12. The summed E-state index contributed by atoms with van der Waals surface area (Å²) in [4.78, 5) is 25.9. The van der Waals surface area contributed by atoms with Crippen molar-refractivity contribution < 1.29 is 9.59 Å². The van der Waals surface area contributed by atoms with E-state index in [4.69, 9.17) is 5.73 Å². The number of nitrogens with one attached hydrogen (secondary N) is 1. The highest BCUT2D eigenvalue weighted by molar-refractivity contribution is 5.81. The van der Waals surface area contributed by atoms with E-state index in [1.54, 1.807) is 0 Å². The van der Waals surface area contributed by atoms with Gasteiger partial charge in [0.1, 0.15) is 0 Å². The standard InChI is InChI=1S/C15H27N3O2/c1-11-5-4-6-12(14(11)16)15(20)17-8-7-13(19)18-9-2-3-10-18/h11-12,14H,2-10,16H2,1H3,(H,17,20). The molecule has 5 heteroatoms. The summed E-state index contributed by atoms with van der Waals surface area (Å²) in [5.74, 6) is 0.508. The second-order valence-corrected chi connectivity index (χ2v) is 6.22. The minimum absolute atomic E-state index is 0.0262. The van der Waals surface area contributed by atoms with Crippen molar-refractivity contribution in [1.82, 2.24) is 10.2 Å². The maximum atomic E-state index is 12.1. The number of hydrogen-bond donors (Lipinski definition) is 2. The normalized spacial score (nSPS) is 30.3. The van der Waals surface area contributed by atoms with Gasteiger partial charge in [-0.05, 0) is 31.6 Å². The highest BCUT2D eigenvalue weighted by atomic mass is 16.2. The molecule has 3 N–H and O–H groups in total. The first-order valence-corrected chi connectivity index (χ1v) is 7.90. The van der Waals surface area contributed by atoms with Crippen molar-refractivity contribution in [3.8, 4) is 0 Å². The Morgan fingerprint density at radius 2 is 1.90 bits per heavy atom. The van der Waals surface area contributed by atoms with E-state index in [2.05, 4.69) is 12.2 Å². The number of likely N-dealkylation sites (tertiary alicyclic amines) is 1. The van der Waals surface area contributed by atoms with Crippen molar-refractivity contribution >= 4 is 11.8 Å². The maximum Gasteiger partial charge on any atom is 0.224 e. The number of carbonyl (C=O) groups is 2. The van der Waals surface area contributed by atoms with Crippen LogP contribution in [0.1, 0.15) is 45.4 Å². The van der Waals surface area contributed by atoms with E-state index in [0.29, 0.717) is 18.9 Å². The molecule has 0 aromatic rings. The van der Waals surface area contributed by atoms with Gasteiger partial charge in [0.15, 0.2) is 0 Å². The molecule has 2 rings (SSSR count). The topological polar surface area (TPSA) is 75.4 Å². The zero-order valence-corrected chi connectivity index (χ0v) is 12.4. The minimum Gasteiger partial charge on any atom is -0.355 e. The third-order valence-corrected chi connectivity index (χ3v) is 4.73. The van der Waals surface area contributed by atoms with Crippen molar-refractivity contribution in [3.63, 3.8) is 0 Å². The summed E-state index contributed by atoms with van der Waals surface area (Å²) in [5, 5.41) is 2.89. The number of rotatable bonds is 4. The van der Waals surface area contributed by atoms with Crippen molar-refractivity contribution in [2.75, 3.05) is 19.6 Å². The smallest absolute Gasteiger partial charge is 0.224 e. The van der Waals surface area contributed by atoms with E-state index in [0.717, 1.165) is 45.2 Å². The highest BCUT2D eigenvalue weighted by Crippen LogP contribution is 2.27. The van der Waals surface area contributed by atoms with Crippen LogP contribution in [0.25, 0.3) is 0 Å². The first-order chi connectivity index (χ1) is 9.59. The monoisotopic (exact) mass is 281 g/mol. The number of nitrogens with two attached hydrogens (primary N) is 1. The zero-order chi connectivity index (χ0) is 14.5. The Balaban J connectivity index is 1.70. The first kappa shape index (κ1) is 15.3. The summed E-state index contributed by atoms with van der Waals surface area (Å²) in [6, 6.07) is -0.0435. The van der Waals surface area contributed by atoms with Gasteiger partial charge in [-0.15, -0.1) is 0 Å². The molecule has 1 aliphatic heterocycles. The quantitative estimate of drug-likeness (QED) is 0.803. The molecular weight excluding hydrogens is 254 g/mol. The summed E-state index contributed by atoms with van der Waals surface area (Å²) in [6.07, 6.45) is 5.67. The number of carbonyl (C=O) groups excluding carboxylic acids is 2. The van der Waals surface area contributed by atoms with Crippen molar-refractivity contribution in [2.45, 2.75) is 51.5 Å². The molecule has 0 radical (unpaired) electrons. The largest absolute Gasteiger partial charge is 0.355 e. The van der Waals surface area contributed by atoms with Gasteiger partial charge >= 0.3 is 0 Å². The fraction of sp³-hybridized carbons (Fsp3) is 0.867. The van der Waals surface area contributed by atoms with Gasteiger partial charge in [-0.2, -0.15) is 0 Å². The molecule has 114 valence electrons. The van der Waals surface area contributed by atoms with Gasteiger partial charge in [0.2, 0.25) is 11.8 Å². The Hall–Kier alpha value is -1.10. The van der Waals surface area contributed by atoms with Gasteiger partial charge in [-0.25, -0.2) is 0 Å². The molecule has 0 aromatic carbocycles. The van der Waals surface area contributed by atoms with Crippen LogP contribution >= 0.6 is 0 Å². The van der Waals surface area contributed by atoms with Gasteiger partial charge in [0, 0.05) is 32.1 Å². The predicted molar refractivity (Wildman–Crippen MR) is 77.9 cm³/mol. The molecule has 2 aliphatic rings. The lowest BCUT2D eigenvalue weighted by molar-refractivity contribution is -0.130. The average molecular weight is 281 g/mol. The lowest BCUT2D eigenvalue weighted by atomic mass is 9.78. The van der Waals surface area contributed by atoms with Crippen LogP contribution in [0.4, 0.5) is 0 Å². The van der Waals surface area contributed by atoms with Gasteiger partial charge in [-0.3, -0.25) is 9.59 Å². The van der Waals surface area contributed by atoms with Gasteiger partial charge in [0.05, 0.1) is 5.92 Å². The zero-order valence-electron chi connectivity index (χ0n) is 12.4. The number of amides is 2. The maximum absolute atomic E-state index is 12.1. The van der Waals surface area contributed by atoms with Crippen LogP contribution in [0.5, 0.6) is 0 Å². The second-order valence-electron chi connectivity index (χ2n) is 6.22. The molecule has 3 unspecified atom stereocenters. The van der Waals surface area contributed by atoms with Gasteiger partial charge < -0.3 is 16.0 Å². The van der Waals surface area contributed by atoms with Crippen LogP contribution in [0, 0.1) is 11.8 Å². The van der Waals surface area contributed by atoms with Gasteiger partial charge in [-0.1, -0.05) is 13.3 Å². The summed E-state index contributed by atoms with van der Waals surface area (Å²) < 4.78 is 0.